The topological polar surface area (TPSA) is 79.5 Å². The minimum Gasteiger partial charge on any atom is -0.389 e. The van der Waals surface area contributed by atoms with E-state index in [9.17, 15) is 15.2 Å². The summed E-state index contributed by atoms with van der Waals surface area (Å²) in [5, 5.41) is 21.1. The van der Waals surface area contributed by atoms with Gasteiger partial charge in [-0.05, 0) is 32.4 Å². The Kier molecular flexibility index (Phi) is 4.95. The van der Waals surface area contributed by atoms with Gasteiger partial charge < -0.3 is 10.0 Å². The van der Waals surface area contributed by atoms with E-state index < -0.39 is 10.5 Å². The monoisotopic (exact) mass is 315 g/mol. The molecule has 0 radical (unpaired) electrons. The first-order valence-corrected chi connectivity index (χ1v) is 7.38. The highest BCUT2D eigenvalue weighted by Gasteiger charge is 2.21. The van der Waals surface area contributed by atoms with Gasteiger partial charge in [0, 0.05) is 18.7 Å². The molecule has 1 aromatic heterocycles. The highest BCUT2D eigenvalue weighted by atomic mass is 16.6. The molecule has 0 aliphatic rings. The first-order chi connectivity index (χ1) is 10.8. The molecule has 0 saturated heterocycles. The molecule has 0 aliphatic heterocycles. The molecule has 122 valence electrons. The zero-order chi connectivity index (χ0) is 17.0. The van der Waals surface area contributed by atoms with Crippen LogP contribution < -0.4 is 4.90 Å². The number of nitro groups is 1. The van der Waals surface area contributed by atoms with Gasteiger partial charge in [-0.3, -0.25) is 10.1 Å². The Morgan fingerprint density at radius 2 is 1.96 bits per heavy atom. The van der Waals surface area contributed by atoms with Crippen molar-refractivity contribution in [3.05, 3.63) is 63.8 Å². The fourth-order valence-corrected chi connectivity index (χ4v) is 2.39. The summed E-state index contributed by atoms with van der Waals surface area (Å²) in [4.78, 5) is 16.6. The number of aliphatic hydroxyl groups is 1. The molecular formula is C17H21N3O3. The predicted octanol–water partition coefficient (Wildman–Crippen LogP) is 3.08. The van der Waals surface area contributed by atoms with Crippen LogP contribution in [0.5, 0.6) is 0 Å². The number of pyridine rings is 1. The first kappa shape index (κ1) is 16.9. The van der Waals surface area contributed by atoms with Gasteiger partial charge in [0.05, 0.1) is 10.5 Å². The minimum atomic E-state index is -0.911. The van der Waals surface area contributed by atoms with Crippen LogP contribution in [0, 0.1) is 17.0 Å². The van der Waals surface area contributed by atoms with Crippen molar-refractivity contribution in [1.82, 2.24) is 4.98 Å². The third kappa shape index (κ3) is 4.75. The Balaban J connectivity index is 2.33. The molecule has 2 aromatic rings. The normalized spacial score (nSPS) is 11.3. The lowest BCUT2D eigenvalue weighted by Gasteiger charge is -2.30. The Hall–Kier alpha value is -2.47. The number of hydrogen-bond acceptors (Lipinski definition) is 5. The standard InChI is InChI=1S/C17H21N3O3/c1-13-9-16(18-10-15(13)20(22)23)19(12-17(2,3)21)11-14-7-5-4-6-8-14/h4-10,21H,11-12H2,1-3H3. The van der Waals surface area contributed by atoms with Gasteiger partial charge in [0.15, 0.2) is 0 Å². The number of nitrogens with zero attached hydrogens (tertiary/aromatic N) is 3. The van der Waals surface area contributed by atoms with Gasteiger partial charge in [-0.2, -0.15) is 0 Å². The van der Waals surface area contributed by atoms with Gasteiger partial charge in [0.25, 0.3) is 5.69 Å². The predicted molar refractivity (Wildman–Crippen MR) is 89.4 cm³/mol. The lowest BCUT2D eigenvalue weighted by molar-refractivity contribution is -0.385. The van der Waals surface area contributed by atoms with Gasteiger partial charge >= 0.3 is 0 Å². The van der Waals surface area contributed by atoms with Gasteiger partial charge in [0.2, 0.25) is 0 Å². The summed E-state index contributed by atoms with van der Waals surface area (Å²) >= 11 is 0. The number of aryl methyl sites for hydroxylation is 1. The second kappa shape index (κ2) is 6.75. The maximum absolute atomic E-state index is 10.9. The van der Waals surface area contributed by atoms with Crippen molar-refractivity contribution in [2.45, 2.75) is 32.9 Å². The number of anilines is 1. The van der Waals surface area contributed by atoms with E-state index in [-0.39, 0.29) is 5.69 Å². The third-order valence-corrected chi connectivity index (χ3v) is 3.38. The average molecular weight is 315 g/mol. The zero-order valence-corrected chi connectivity index (χ0v) is 13.6. The van der Waals surface area contributed by atoms with Crippen LogP contribution in [0.3, 0.4) is 0 Å². The fourth-order valence-electron chi connectivity index (χ4n) is 2.39. The smallest absolute Gasteiger partial charge is 0.290 e. The van der Waals surface area contributed by atoms with Gasteiger partial charge in [-0.1, -0.05) is 30.3 Å². The van der Waals surface area contributed by atoms with Crippen molar-refractivity contribution < 1.29 is 10.0 Å². The quantitative estimate of drug-likeness (QED) is 0.654. The van der Waals surface area contributed by atoms with Crippen LogP contribution in [0.15, 0.2) is 42.6 Å². The van der Waals surface area contributed by atoms with E-state index in [2.05, 4.69) is 4.98 Å². The van der Waals surface area contributed by atoms with E-state index >= 15 is 0 Å². The summed E-state index contributed by atoms with van der Waals surface area (Å²) in [6.45, 7) is 6.07. The van der Waals surface area contributed by atoms with Gasteiger partial charge in [-0.15, -0.1) is 0 Å². The second-order valence-electron chi connectivity index (χ2n) is 6.24. The first-order valence-electron chi connectivity index (χ1n) is 7.38. The molecule has 0 aliphatic carbocycles. The summed E-state index contributed by atoms with van der Waals surface area (Å²) in [6, 6.07) is 11.5. The molecule has 0 fully saturated rings. The Labute approximate surface area is 135 Å². The van der Waals surface area contributed by atoms with Crippen LogP contribution in [0.1, 0.15) is 25.0 Å². The number of rotatable bonds is 6. The fraction of sp³-hybridized carbons (Fsp3) is 0.353. The highest BCUT2D eigenvalue weighted by Crippen LogP contribution is 2.24. The van der Waals surface area contributed by atoms with Gasteiger partial charge in [0.1, 0.15) is 12.0 Å². The molecule has 0 amide bonds. The van der Waals surface area contributed by atoms with Crippen molar-refractivity contribution in [2.75, 3.05) is 11.4 Å². The summed E-state index contributed by atoms with van der Waals surface area (Å²) in [7, 11) is 0. The Morgan fingerprint density at radius 3 is 2.48 bits per heavy atom. The molecule has 0 bridgehead atoms. The van der Waals surface area contributed by atoms with E-state index in [0.717, 1.165) is 5.56 Å². The number of aromatic nitrogens is 1. The minimum absolute atomic E-state index is 0.00308. The van der Waals surface area contributed by atoms with E-state index in [4.69, 9.17) is 0 Å². The van der Waals surface area contributed by atoms with Crippen LogP contribution in [0.25, 0.3) is 0 Å². The summed E-state index contributed by atoms with van der Waals surface area (Å²) in [6.07, 6.45) is 1.27. The van der Waals surface area contributed by atoms with Crippen LogP contribution >= 0.6 is 0 Å². The molecule has 1 heterocycles. The van der Waals surface area contributed by atoms with Crippen LogP contribution in [0.2, 0.25) is 0 Å². The summed E-state index contributed by atoms with van der Waals surface area (Å²) in [5.41, 5.74) is 0.714. The van der Waals surface area contributed by atoms with Crippen molar-refractivity contribution in [3.8, 4) is 0 Å². The lowest BCUT2D eigenvalue weighted by Crippen LogP contribution is -2.38. The second-order valence-corrected chi connectivity index (χ2v) is 6.24. The summed E-state index contributed by atoms with van der Waals surface area (Å²) < 4.78 is 0. The SMILES string of the molecule is Cc1cc(N(Cc2ccccc2)CC(C)(C)O)ncc1[N+](=O)[O-]. The highest BCUT2D eigenvalue weighted by molar-refractivity contribution is 5.49. The maximum atomic E-state index is 10.9. The largest absolute Gasteiger partial charge is 0.389 e. The molecule has 1 aromatic carbocycles. The van der Waals surface area contributed by atoms with Crippen LogP contribution in [0.4, 0.5) is 11.5 Å². The van der Waals surface area contributed by atoms with Gasteiger partial charge in [-0.25, -0.2) is 4.98 Å². The van der Waals surface area contributed by atoms with E-state index in [0.29, 0.717) is 24.5 Å². The van der Waals surface area contributed by atoms with E-state index in [1.165, 1.54) is 6.20 Å². The molecule has 0 atom stereocenters. The Morgan fingerprint density at radius 1 is 1.30 bits per heavy atom. The van der Waals surface area contributed by atoms with Crippen LogP contribution in [-0.2, 0) is 6.54 Å². The summed E-state index contributed by atoms with van der Waals surface area (Å²) in [5.74, 6) is 0.610. The Bertz CT molecular complexity index is 681. The number of hydrogen-bond donors (Lipinski definition) is 1. The zero-order valence-electron chi connectivity index (χ0n) is 13.6. The molecule has 1 N–H and O–H groups in total. The molecular weight excluding hydrogens is 294 g/mol. The average Bonchev–Trinajstić information content (AvgIpc) is 2.45. The van der Waals surface area contributed by atoms with E-state index in [1.54, 1.807) is 26.8 Å². The van der Waals surface area contributed by atoms with E-state index in [1.807, 2.05) is 35.2 Å². The van der Waals surface area contributed by atoms with Crippen molar-refractivity contribution in [2.24, 2.45) is 0 Å². The molecule has 0 unspecified atom stereocenters. The number of benzene rings is 1. The molecule has 6 nitrogen and oxygen atoms in total. The third-order valence-electron chi connectivity index (χ3n) is 3.38. The van der Waals surface area contributed by atoms with Crippen molar-refractivity contribution in [1.29, 1.82) is 0 Å². The van der Waals surface area contributed by atoms with Crippen LogP contribution in [-0.4, -0.2) is 27.2 Å². The molecule has 23 heavy (non-hydrogen) atoms. The van der Waals surface area contributed by atoms with Crippen molar-refractivity contribution in [3.63, 3.8) is 0 Å². The molecule has 0 saturated carbocycles. The van der Waals surface area contributed by atoms with Crippen molar-refractivity contribution >= 4 is 11.5 Å². The maximum Gasteiger partial charge on any atom is 0.290 e. The molecule has 6 heteroatoms. The lowest BCUT2D eigenvalue weighted by atomic mass is 10.1. The molecule has 2 rings (SSSR count). The molecule has 0 spiro atoms.